The van der Waals surface area contributed by atoms with Gasteiger partial charge in [-0.25, -0.2) is 13.6 Å². The molecule has 0 spiro atoms. The minimum absolute atomic E-state index is 0.0439. The third kappa shape index (κ3) is 5.29. The second-order valence-corrected chi connectivity index (χ2v) is 7.22. The Kier molecular flexibility index (Phi) is 7.19. The summed E-state index contributed by atoms with van der Waals surface area (Å²) in [6.07, 6.45) is -6.56. The van der Waals surface area contributed by atoms with Crippen LogP contribution in [-0.4, -0.2) is 47.6 Å². The predicted octanol–water partition coefficient (Wildman–Crippen LogP) is 2.50. The van der Waals surface area contributed by atoms with E-state index in [4.69, 9.17) is 4.74 Å². The van der Waals surface area contributed by atoms with Crippen molar-refractivity contribution in [1.29, 1.82) is 0 Å². The highest BCUT2D eigenvalue weighted by molar-refractivity contribution is 6.06. The van der Waals surface area contributed by atoms with E-state index < -0.39 is 59.4 Å². The number of anilines is 1. The number of nitrogens with one attached hydrogen (secondary N) is 1. The molecule has 0 fully saturated rings. The van der Waals surface area contributed by atoms with Gasteiger partial charge in [0.25, 0.3) is 5.91 Å². The van der Waals surface area contributed by atoms with E-state index in [1.807, 2.05) is 0 Å². The van der Waals surface area contributed by atoms with Crippen molar-refractivity contribution in [3.63, 3.8) is 0 Å². The fourth-order valence-corrected chi connectivity index (χ4v) is 2.94. The number of hydrogen-bond donors (Lipinski definition) is 2. The van der Waals surface area contributed by atoms with E-state index in [-0.39, 0.29) is 18.1 Å². The van der Waals surface area contributed by atoms with Crippen LogP contribution in [-0.2, 0) is 13.2 Å². The Balaban J connectivity index is 2.14. The van der Waals surface area contributed by atoms with Gasteiger partial charge in [0.2, 0.25) is 5.88 Å². The van der Waals surface area contributed by atoms with Crippen LogP contribution in [0.3, 0.4) is 0 Å². The number of aryl methyl sites for hydroxylation is 1. The SMILES string of the molecule is CCn1c(CO)nn(-c2nc(OC(C)C(F)(F)F)c(C(=O)Nc3cc(C)ncc3F)cc2F)c1=O. The number of amides is 1. The molecule has 188 valence electrons. The Morgan fingerprint density at radius 3 is 2.51 bits per heavy atom. The maximum absolute atomic E-state index is 15.0. The highest BCUT2D eigenvalue weighted by Crippen LogP contribution is 2.28. The van der Waals surface area contributed by atoms with Gasteiger partial charge in [-0.1, -0.05) is 0 Å². The Bertz CT molecular complexity index is 1320. The first kappa shape index (κ1) is 25.7. The lowest BCUT2D eigenvalue weighted by Gasteiger charge is -2.19. The monoisotopic (exact) mass is 502 g/mol. The number of pyridine rings is 2. The van der Waals surface area contributed by atoms with Crippen molar-refractivity contribution in [2.75, 3.05) is 5.32 Å². The molecule has 15 heteroatoms. The van der Waals surface area contributed by atoms with Crippen LogP contribution >= 0.6 is 0 Å². The molecule has 1 unspecified atom stereocenters. The van der Waals surface area contributed by atoms with Gasteiger partial charge in [-0.05, 0) is 32.9 Å². The van der Waals surface area contributed by atoms with Gasteiger partial charge in [-0.15, -0.1) is 5.10 Å². The zero-order valence-electron chi connectivity index (χ0n) is 18.5. The smallest absolute Gasteiger partial charge is 0.425 e. The van der Waals surface area contributed by atoms with Crippen LogP contribution in [0.1, 0.15) is 35.7 Å². The van der Waals surface area contributed by atoms with Crippen molar-refractivity contribution in [3.05, 3.63) is 57.5 Å². The number of ether oxygens (including phenoxy) is 1. The first-order valence-corrected chi connectivity index (χ1v) is 10.0. The summed E-state index contributed by atoms with van der Waals surface area (Å²) in [7, 11) is 0. The summed E-state index contributed by atoms with van der Waals surface area (Å²) in [4.78, 5) is 32.6. The van der Waals surface area contributed by atoms with Gasteiger partial charge < -0.3 is 15.2 Å². The van der Waals surface area contributed by atoms with Gasteiger partial charge in [0.1, 0.15) is 12.2 Å². The third-order valence-corrected chi connectivity index (χ3v) is 4.75. The molecule has 0 aliphatic heterocycles. The number of halogens is 5. The lowest BCUT2D eigenvalue weighted by atomic mass is 10.2. The molecule has 1 amide bonds. The Morgan fingerprint density at radius 2 is 1.94 bits per heavy atom. The number of hydrogen-bond acceptors (Lipinski definition) is 7. The Hall–Kier alpha value is -3.88. The third-order valence-electron chi connectivity index (χ3n) is 4.75. The number of alkyl halides is 3. The molecule has 3 rings (SSSR count). The molecule has 0 saturated heterocycles. The van der Waals surface area contributed by atoms with Crippen LogP contribution in [0, 0.1) is 18.6 Å². The molecule has 0 aliphatic carbocycles. The average molecular weight is 502 g/mol. The maximum Gasteiger partial charge on any atom is 0.425 e. The summed E-state index contributed by atoms with van der Waals surface area (Å²) in [5.74, 6) is -5.52. The fourth-order valence-electron chi connectivity index (χ4n) is 2.94. The molecule has 3 aromatic rings. The average Bonchev–Trinajstić information content (AvgIpc) is 3.11. The summed E-state index contributed by atoms with van der Waals surface area (Å²) in [6, 6.07) is 1.63. The van der Waals surface area contributed by atoms with Crippen LogP contribution in [0.4, 0.5) is 27.6 Å². The van der Waals surface area contributed by atoms with E-state index in [9.17, 15) is 36.6 Å². The van der Waals surface area contributed by atoms with Crippen molar-refractivity contribution < 1.29 is 36.6 Å². The molecule has 0 aliphatic rings. The summed E-state index contributed by atoms with van der Waals surface area (Å²) in [5.41, 5.74) is -1.80. The standard InChI is InChI=1S/C20H19F5N6O4/c1-4-30-15(8-32)29-31(19(30)34)16-12(21)6-11(18(28-16)35-10(3)20(23,24)25)17(33)27-14-5-9(2)26-7-13(14)22/h5-7,10,32H,4,8H2,1-3H3,(H,26,27,33). The molecule has 35 heavy (non-hydrogen) atoms. The van der Waals surface area contributed by atoms with E-state index in [0.29, 0.717) is 23.4 Å². The van der Waals surface area contributed by atoms with Gasteiger partial charge in [0, 0.05) is 12.2 Å². The van der Waals surface area contributed by atoms with Crippen molar-refractivity contribution in [1.82, 2.24) is 24.3 Å². The lowest BCUT2D eigenvalue weighted by molar-refractivity contribution is -0.190. The summed E-state index contributed by atoms with van der Waals surface area (Å²) in [5, 5.41) is 15.2. The van der Waals surface area contributed by atoms with E-state index in [2.05, 4.69) is 20.4 Å². The number of carbonyl (C=O) groups is 1. The van der Waals surface area contributed by atoms with Gasteiger partial charge >= 0.3 is 11.9 Å². The number of aliphatic hydroxyl groups excluding tert-OH is 1. The summed E-state index contributed by atoms with van der Waals surface area (Å²) >= 11 is 0. The predicted molar refractivity (Wildman–Crippen MR) is 110 cm³/mol. The molecule has 0 saturated carbocycles. The number of aliphatic hydroxyl groups is 1. The second kappa shape index (κ2) is 9.77. The Morgan fingerprint density at radius 1 is 1.26 bits per heavy atom. The van der Waals surface area contributed by atoms with Crippen LogP contribution in [0.25, 0.3) is 5.82 Å². The topological polar surface area (TPSA) is 124 Å². The molecular weight excluding hydrogens is 483 g/mol. The molecule has 0 aromatic carbocycles. The van der Waals surface area contributed by atoms with Crippen LogP contribution in [0.5, 0.6) is 5.88 Å². The minimum atomic E-state index is -4.89. The van der Waals surface area contributed by atoms with Crippen molar-refractivity contribution in [2.24, 2.45) is 0 Å². The van der Waals surface area contributed by atoms with Crippen LogP contribution in [0.2, 0.25) is 0 Å². The van der Waals surface area contributed by atoms with Crippen molar-refractivity contribution >= 4 is 11.6 Å². The molecule has 10 nitrogen and oxygen atoms in total. The molecule has 3 heterocycles. The number of nitrogens with zero attached hydrogens (tertiary/aromatic N) is 5. The van der Waals surface area contributed by atoms with Gasteiger partial charge in [-0.3, -0.25) is 14.3 Å². The second-order valence-electron chi connectivity index (χ2n) is 7.22. The van der Waals surface area contributed by atoms with E-state index >= 15 is 0 Å². The van der Waals surface area contributed by atoms with E-state index in [1.54, 1.807) is 6.92 Å². The number of rotatable bonds is 7. The number of carbonyl (C=O) groups excluding carboxylic acids is 1. The van der Waals surface area contributed by atoms with Gasteiger partial charge in [0.05, 0.1) is 11.9 Å². The van der Waals surface area contributed by atoms with E-state index in [0.717, 1.165) is 16.8 Å². The Labute approximate surface area is 194 Å². The van der Waals surface area contributed by atoms with Crippen molar-refractivity contribution in [3.8, 4) is 11.7 Å². The molecule has 0 bridgehead atoms. The van der Waals surface area contributed by atoms with Crippen LogP contribution in [0.15, 0.2) is 23.1 Å². The molecule has 2 N–H and O–H groups in total. The van der Waals surface area contributed by atoms with Gasteiger partial charge in [0.15, 0.2) is 29.4 Å². The van der Waals surface area contributed by atoms with Gasteiger partial charge in [-0.2, -0.15) is 22.8 Å². The summed E-state index contributed by atoms with van der Waals surface area (Å²) < 4.78 is 74.6. The maximum atomic E-state index is 15.0. The fraction of sp³-hybridized carbons (Fsp3) is 0.350. The van der Waals surface area contributed by atoms with E-state index in [1.165, 1.54) is 6.92 Å². The summed E-state index contributed by atoms with van der Waals surface area (Å²) in [6.45, 7) is 3.02. The first-order chi connectivity index (χ1) is 16.4. The first-order valence-electron chi connectivity index (χ1n) is 10.0. The highest BCUT2D eigenvalue weighted by atomic mass is 19.4. The number of aromatic nitrogens is 5. The van der Waals surface area contributed by atoms with Crippen molar-refractivity contribution in [2.45, 2.75) is 46.2 Å². The largest absolute Gasteiger partial charge is 0.464 e. The normalized spacial score (nSPS) is 12.5. The lowest BCUT2D eigenvalue weighted by Crippen LogP contribution is -2.33. The zero-order valence-corrected chi connectivity index (χ0v) is 18.5. The van der Waals surface area contributed by atoms with Crippen LogP contribution < -0.4 is 15.7 Å². The zero-order chi connectivity index (χ0) is 26.1. The molecule has 1 atom stereocenters. The molecule has 3 aromatic heterocycles. The minimum Gasteiger partial charge on any atom is -0.464 e. The molecular formula is C20H19F5N6O4. The quantitative estimate of drug-likeness (QED) is 0.476. The highest BCUT2D eigenvalue weighted by Gasteiger charge is 2.39. The molecule has 0 radical (unpaired) electrons.